The van der Waals surface area contributed by atoms with Gasteiger partial charge in [-0.25, -0.2) is 0 Å². The third kappa shape index (κ3) is 12.6. The van der Waals surface area contributed by atoms with E-state index in [4.69, 9.17) is 23.1 Å². The van der Waals surface area contributed by atoms with Crippen molar-refractivity contribution in [2.45, 2.75) is 128 Å². The molecule has 1 aliphatic rings. The van der Waals surface area contributed by atoms with Crippen molar-refractivity contribution >= 4 is 37.4 Å². The highest BCUT2D eigenvalue weighted by atomic mass is 28.4. The van der Waals surface area contributed by atoms with Gasteiger partial charge in [-0.05, 0) is 73.2 Å². The molecule has 0 bridgehead atoms. The lowest BCUT2D eigenvalue weighted by atomic mass is 9.90. The summed E-state index contributed by atoms with van der Waals surface area (Å²) in [6.07, 6.45) is 1.46. The van der Waals surface area contributed by atoms with Gasteiger partial charge in [0.05, 0.1) is 31.5 Å². The van der Waals surface area contributed by atoms with Gasteiger partial charge >= 0.3 is 0 Å². The Balaban J connectivity index is 1.23. The molecule has 1 heterocycles. The Bertz CT molecular complexity index is 2360. The molecule has 0 spiro atoms. The van der Waals surface area contributed by atoms with E-state index < -0.39 is 34.9 Å². The third-order valence-corrected chi connectivity index (χ3v) is 23.9. The van der Waals surface area contributed by atoms with Gasteiger partial charge in [-0.3, -0.25) is 0 Å². The fraction of sp³-hybridized carbons (Fsp3) is 0.377. The van der Waals surface area contributed by atoms with Gasteiger partial charge in [0, 0.05) is 19.6 Å². The van der Waals surface area contributed by atoms with Crippen molar-refractivity contribution in [2.75, 3.05) is 13.2 Å². The Labute approximate surface area is 416 Å². The summed E-state index contributed by atoms with van der Waals surface area (Å²) in [5, 5.41) is 17.3. The van der Waals surface area contributed by atoms with Gasteiger partial charge in [-0.15, -0.1) is 0 Å². The summed E-state index contributed by atoms with van der Waals surface area (Å²) in [4.78, 5) is 0. The Kier molecular flexibility index (Phi) is 18.1. The van der Waals surface area contributed by atoms with E-state index in [2.05, 4.69) is 212 Å². The molecule has 0 saturated carbocycles. The monoisotopic (exact) mass is 961 g/mol. The van der Waals surface area contributed by atoms with Crippen molar-refractivity contribution in [3.63, 3.8) is 0 Å². The molecule has 7 rings (SSSR count). The molecule has 69 heavy (non-hydrogen) atoms. The van der Waals surface area contributed by atoms with Crippen LogP contribution in [0.4, 0.5) is 0 Å². The minimum absolute atomic E-state index is 0.0135. The number of aliphatic hydroxyl groups is 1. The maximum atomic E-state index is 12.9. The SMILES string of the molecule is C/C(=C\[C@@H](C)CO[Si](c1ccccc1)(c1ccccc1)C(C)(C)C)C(O)[C@H]1O[C@@H](CCCOCc2ccccc2)[C@H](OCc2ccccc2)C[C@@H]1O[Si](c1ccccc1)(c1ccccc1)C(C)(C)C. The Morgan fingerprint density at radius 1 is 0.609 bits per heavy atom. The maximum Gasteiger partial charge on any atom is 0.261 e. The largest absolute Gasteiger partial charge is 0.407 e. The smallest absolute Gasteiger partial charge is 0.261 e. The Morgan fingerprint density at radius 2 is 1.03 bits per heavy atom. The van der Waals surface area contributed by atoms with E-state index in [0.29, 0.717) is 39.3 Å². The van der Waals surface area contributed by atoms with Crippen LogP contribution in [0.15, 0.2) is 194 Å². The molecule has 0 amide bonds. The van der Waals surface area contributed by atoms with Crippen LogP contribution in [0.25, 0.3) is 0 Å². The minimum atomic E-state index is -3.12. The van der Waals surface area contributed by atoms with Crippen molar-refractivity contribution in [2.24, 2.45) is 5.92 Å². The van der Waals surface area contributed by atoms with Crippen LogP contribution in [0.2, 0.25) is 10.1 Å². The number of rotatable bonds is 21. The van der Waals surface area contributed by atoms with Crippen molar-refractivity contribution in [1.82, 2.24) is 0 Å². The van der Waals surface area contributed by atoms with E-state index >= 15 is 0 Å². The fourth-order valence-corrected chi connectivity index (χ4v) is 19.8. The van der Waals surface area contributed by atoms with Crippen LogP contribution in [0.3, 0.4) is 0 Å². The first-order valence-electron chi connectivity index (χ1n) is 25.1. The summed E-state index contributed by atoms with van der Waals surface area (Å²) in [6, 6.07) is 63.7. The average molecular weight is 961 g/mol. The summed E-state index contributed by atoms with van der Waals surface area (Å²) in [5.41, 5.74) is 3.08. The van der Waals surface area contributed by atoms with Crippen LogP contribution in [0.1, 0.15) is 85.8 Å². The van der Waals surface area contributed by atoms with Crippen LogP contribution >= 0.6 is 0 Å². The van der Waals surface area contributed by atoms with E-state index in [1.165, 1.54) is 20.7 Å². The van der Waals surface area contributed by atoms with Crippen molar-refractivity contribution in [3.05, 3.63) is 205 Å². The zero-order valence-electron chi connectivity index (χ0n) is 42.3. The van der Waals surface area contributed by atoms with E-state index in [1.807, 2.05) is 31.2 Å². The van der Waals surface area contributed by atoms with Gasteiger partial charge in [0.15, 0.2) is 0 Å². The van der Waals surface area contributed by atoms with Gasteiger partial charge in [0.1, 0.15) is 12.2 Å². The van der Waals surface area contributed by atoms with Gasteiger partial charge in [-0.2, -0.15) is 0 Å². The van der Waals surface area contributed by atoms with Crippen LogP contribution in [-0.2, 0) is 36.3 Å². The molecule has 0 aromatic heterocycles. The molecule has 1 N–H and O–H groups in total. The zero-order chi connectivity index (χ0) is 48.9. The third-order valence-electron chi connectivity index (χ3n) is 13.8. The molecular formula is C61H76O6Si2. The number of hydrogen-bond acceptors (Lipinski definition) is 6. The fourth-order valence-electron chi connectivity index (χ4n) is 10.4. The van der Waals surface area contributed by atoms with E-state index in [9.17, 15) is 5.11 Å². The molecule has 1 aliphatic heterocycles. The summed E-state index contributed by atoms with van der Waals surface area (Å²) in [5.74, 6) is -0.0135. The van der Waals surface area contributed by atoms with Gasteiger partial charge in [0.25, 0.3) is 16.6 Å². The number of hydrogen-bond donors (Lipinski definition) is 1. The quantitative estimate of drug-likeness (QED) is 0.0440. The van der Waals surface area contributed by atoms with E-state index in [1.54, 1.807) is 0 Å². The second kappa shape index (κ2) is 23.9. The highest BCUT2D eigenvalue weighted by molar-refractivity contribution is 7.00. The van der Waals surface area contributed by atoms with Gasteiger partial charge < -0.3 is 28.2 Å². The molecular weight excluding hydrogens is 885 g/mol. The van der Waals surface area contributed by atoms with Crippen molar-refractivity contribution in [3.8, 4) is 0 Å². The van der Waals surface area contributed by atoms with Crippen LogP contribution in [0, 0.1) is 5.92 Å². The van der Waals surface area contributed by atoms with Crippen LogP contribution < -0.4 is 20.7 Å². The van der Waals surface area contributed by atoms with Crippen molar-refractivity contribution < 1.29 is 28.2 Å². The molecule has 6 atom stereocenters. The molecule has 0 aliphatic carbocycles. The van der Waals surface area contributed by atoms with E-state index in [-0.39, 0.29) is 28.2 Å². The minimum Gasteiger partial charge on any atom is -0.407 e. The second-order valence-electron chi connectivity index (χ2n) is 21.0. The predicted octanol–water partition coefficient (Wildman–Crippen LogP) is 11.2. The van der Waals surface area contributed by atoms with E-state index in [0.717, 1.165) is 23.1 Å². The number of aliphatic hydroxyl groups excluding tert-OH is 1. The summed E-state index contributed by atoms with van der Waals surface area (Å²) in [7, 11) is -5.90. The number of ether oxygens (including phenoxy) is 3. The van der Waals surface area contributed by atoms with Gasteiger partial charge in [0.2, 0.25) is 0 Å². The summed E-state index contributed by atoms with van der Waals surface area (Å²) >= 11 is 0. The normalized spacial score (nSPS) is 19.2. The maximum absolute atomic E-state index is 12.9. The molecule has 6 aromatic rings. The van der Waals surface area contributed by atoms with Crippen LogP contribution in [-0.4, -0.2) is 65.5 Å². The Hall–Kier alpha value is -4.75. The second-order valence-corrected chi connectivity index (χ2v) is 29.6. The van der Waals surface area contributed by atoms with Crippen molar-refractivity contribution in [1.29, 1.82) is 0 Å². The highest BCUT2D eigenvalue weighted by Gasteiger charge is 2.55. The standard InChI is InChI=1S/C61H76O6Si2/c1-47(44-65-68(60(3,4)5,51-32-19-11-20-33-51)52-34-21-12-22-35-52)42-48(2)58(62)59-57(67-69(61(6,7)8,53-36-23-13-24-37-53)54-38-25-14-26-39-54)43-56(64-46-50-30-17-10-18-31-50)55(66-59)40-27-41-63-45-49-28-15-9-16-29-49/h9-26,28-39,42,47,55-59,62H,27,40-41,43-46H2,1-8H3/b48-42+/t47-,55+,56-,57+,58?,59+/m1/s1. The first-order chi connectivity index (χ1) is 33.2. The molecule has 8 heteroatoms. The first kappa shape index (κ1) is 52.1. The van der Waals surface area contributed by atoms with Crippen LogP contribution in [0.5, 0.6) is 0 Å². The Morgan fingerprint density at radius 3 is 1.48 bits per heavy atom. The predicted molar refractivity (Wildman–Crippen MR) is 289 cm³/mol. The number of benzene rings is 6. The lowest BCUT2D eigenvalue weighted by Gasteiger charge is -2.50. The topological polar surface area (TPSA) is 66.4 Å². The lowest BCUT2D eigenvalue weighted by Crippen LogP contribution is -2.70. The molecule has 1 fully saturated rings. The molecule has 6 nitrogen and oxygen atoms in total. The highest BCUT2D eigenvalue weighted by Crippen LogP contribution is 2.42. The first-order valence-corrected chi connectivity index (χ1v) is 28.9. The summed E-state index contributed by atoms with van der Waals surface area (Å²) < 4.78 is 35.8. The summed E-state index contributed by atoms with van der Waals surface area (Å²) in [6.45, 7) is 20.1. The zero-order valence-corrected chi connectivity index (χ0v) is 44.3. The molecule has 1 saturated heterocycles. The van der Waals surface area contributed by atoms with Gasteiger partial charge in [-0.1, -0.05) is 237 Å². The molecule has 364 valence electrons. The molecule has 0 radical (unpaired) electrons. The molecule has 6 aromatic carbocycles. The average Bonchev–Trinajstić information content (AvgIpc) is 3.36. The lowest BCUT2D eigenvalue weighted by molar-refractivity contribution is -0.205. The molecule has 1 unspecified atom stereocenters.